The molecule has 0 bridgehead atoms. The van der Waals surface area contributed by atoms with Gasteiger partial charge >= 0.3 is 5.97 Å². The van der Waals surface area contributed by atoms with E-state index in [1.54, 1.807) is 6.92 Å². The average molecular weight is 306 g/mol. The smallest absolute Gasteiger partial charge is 0.303 e. The van der Waals surface area contributed by atoms with Gasteiger partial charge in [-0.25, -0.2) is 18.1 Å². The lowest BCUT2D eigenvalue weighted by atomic mass is 10.1. The van der Waals surface area contributed by atoms with Gasteiger partial charge in [-0.05, 0) is 19.8 Å². The van der Waals surface area contributed by atoms with Crippen LogP contribution in [0.4, 0.5) is 0 Å². The van der Waals surface area contributed by atoms with Gasteiger partial charge in [0, 0.05) is 13.0 Å². The molecule has 0 radical (unpaired) electrons. The number of aryl methyl sites for hydroxylation is 1. The van der Waals surface area contributed by atoms with E-state index in [0.717, 1.165) is 24.2 Å². The first-order valence-electron chi connectivity index (χ1n) is 6.06. The van der Waals surface area contributed by atoms with Crippen molar-refractivity contribution in [3.63, 3.8) is 0 Å². The summed E-state index contributed by atoms with van der Waals surface area (Å²) < 4.78 is 26.4. The monoisotopic (exact) mass is 306 g/mol. The largest absolute Gasteiger partial charge is 0.481 e. The number of nitrogens with one attached hydrogen (secondary N) is 1. The van der Waals surface area contributed by atoms with Crippen molar-refractivity contribution in [2.24, 2.45) is 0 Å². The van der Waals surface area contributed by atoms with Gasteiger partial charge in [0.1, 0.15) is 0 Å². The highest BCUT2D eigenvalue weighted by Crippen LogP contribution is 2.17. The Kier molecular flexibility index (Phi) is 6.40. The zero-order chi connectivity index (χ0) is 14.3. The quantitative estimate of drug-likeness (QED) is 0.678. The molecule has 0 atom stereocenters. The molecule has 0 saturated carbocycles. The van der Waals surface area contributed by atoms with E-state index in [1.165, 1.54) is 6.20 Å². The van der Waals surface area contributed by atoms with Crippen molar-refractivity contribution in [1.82, 2.24) is 9.71 Å². The molecule has 19 heavy (non-hydrogen) atoms. The van der Waals surface area contributed by atoms with Crippen molar-refractivity contribution in [3.05, 3.63) is 11.2 Å². The van der Waals surface area contributed by atoms with Crippen LogP contribution in [0.1, 0.15) is 37.1 Å². The summed E-state index contributed by atoms with van der Waals surface area (Å²) in [5.74, 6) is -0.790. The number of thiazole rings is 1. The predicted octanol–water partition coefficient (Wildman–Crippen LogP) is 1.76. The van der Waals surface area contributed by atoms with Crippen LogP contribution in [0.5, 0.6) is 0 Å². The molecule has 8 heteroatoms. The van der Waals surface area contributed by atoms with Gasteiger partial charge in [-0.3, -0.25) is 4.79 Å². The first kappa shape index (κ1) is 16.1. The minimum absolute atomic E-state index is 0.172. The van der Waals surface area contributed by atoms with Crippen LogP contribution in [0.25, 0.3) is 0 Å². The van der Waals surface area contributed by atoms with Crippen LogP contribution in [-0.2, 0) is 14.8 Å². The van der Waals surface area contributed by atoms with Crippen LogP contribution >= 0.6 is 11.3 Å². The molecule has 0 aromatic carbocycles. The molecule has 0 unspecified atom stereocenters. The number of unbranched alkanes of at least 4 members (excludes halogenated alkanes) is 3. The Hall–Kier alpha value is -0.990. The van der Waals surface area contributed by atoms with Crippen molar-refractivity contribution in [3.8, 4) is 0 Å². The molecule has 1 rings (SSSR count). The van der Waals surface area contributed by atoms with Crippen LogP contribution in [-0.4, -0.2) is 31.0 Å². The number of sulfonamides is 1. The molecule has 0 aliphatic carbocycles. The highest BCUT2D eigenvalue weighted by atomic mass is 32.2. The lowest BCUT2D eigenvalue weighted by Crippen LogP contribution is -2.24. The molecule has 6 nitrogen and oxygen atoms in total. The SMILES string of the molecule is Cc1ncc(S(=O)(=O)NCCCCCCC(=O)O)s1. The fourth-order valence-corrected chi connectivity index (χ4v) is 3.72. The summed E-state index contributed by atoms with van der Waals surface area (Å²) in [4.78, 5) is 14.2. The normalized spacial score (nSPS) is 11.6. The van der Waals surface area contributed by atoms with E-state index in [4.69, 9.17) is 5.11 Å². The summed E-state index contributed by atoms with van der Waals surface area (Å²) in [6, 6.07) is 0. The molecule has 1 aromatic rings. The number of rotatable bonds is 9. The second kappa shape index (κ2) is 7.56. The van der Waals surface area contributed by atoms with Gasteiger partial charge in [0.2, 0.25) is 0 Å². The van der Waals surface area contributed by atoms with Crippen LogP contribution in [0.3, 0.4) is 0 Å². The second-order valence-corrected chi connectivity index (χ2v) is 7.38. The summed E-state index contributed by atoms with van der Waals surface area (Å²) in [6.45, 7) is 2.12. The third kappa shape index (κ3) is 6.13. The second-order valence-electron chi connectivity index (χ2n) is 4.15. The molecule has 0 amide bonds. The first-order valence-corrected chi connectivity index (χ1v) is 8.35. The third-order valence-corrected chi connectivity index (χ3v) is 5.31. The highest BCUT2D eigenvalue weighted by molar-refractivity contribution is 7.91. The maximum atomic E-state index is 11.8. The number of carbonyl (C=O) groups is 1. The Labute approximate surface area is 116 Å². The summed E-state index contributed by atoms with van der Waals surface area (Å²) in [6.07, 6.45) is 4.49. The van der Waals surface area contributed by atoms with Crippen molar-refractivity contribution in [2.75, 3.05) is 6.54 Å². The van der Waals surface area contributed by atoms with Gasteiger partial charge in [-0.2, -0.15) is 0 Å². The van der Waals surface area contributed by atoms with Crippen molar-refractivity contribution >= 4 is 27.3 Å². The zero-order valence-corrected chi connectivity index (χ0v) is 12.4. The van der Waals surface area contributed by atoms with E-state index in [2.05, 4.69) is 9.71 Å². The van der Waals surface area contributed by atoms with Crippen LogP contribution in [0, 0.1) is 6.92 Å². The lowest BCUT2D eigenvalue weighted by Gasteiger charge is -2.04. The van der Waals surface area contributed by atoms with Crippen LogP contribution in [0.2, 0.25) is 0 Å². The van der Waals surface area contributed by atoms with Gasteiger partial charge in [0.15, 0.2) is 4.21 Å². The number of carboxylic acid groups (broad SMARTS) is 1. The third-order valence-electron chi connectivity index (χ3n) is 2.47. The maximum Gasteiger partial charge on any atom is 0.303 e. The fourth-order valence-electron chi connectivity index (χ4n) is 1.50. The predicted molar refractivity (Wildman–Crippen MR) is 72.8 cm³/mol. The molecule has 0 saturated heterocycles. The van der Waals surface area contributed by atoms with Gasteiger partial charge in [-0.1, -0.05) is 12.8 Å². The van der Waals surface area contributed by atoms with E-state index in [9.17, 15) is 13.2 Å². The Balaban J connectivity index is 2.20. The van der Waals surface area contributed by atoms with E-state index >= 15 is 0 Å². The molecular formula is C11H18N2O4S2. The summed E-state index contributed by atoms with van der Waals surface area (Å²) in [5.41, 5.74) is 0. The number of hydrogen-bond donors (Lipinski definition) is 2. The average Bonchev–Trinajstić information content (AvgIpc) is 2.75. The van der Waals surface area contributed by atoms with E-state index < -0.39 is 16.0 Å². The molecule has 0 aliphatic heterocycles. The molecule has 108 valence electrons. The molecule has 0 fully saturated rings. The molecule has 1 aromatic heterocycles. The van der Waals surface area contributed by atoms with E-state index in [-0.39, 0.29) is 10.6 Å². The first-order chi connectivity index (χ1) is 8.92. The Bertz CT molecular complexity index is 511. The van der Waals surface area contributed by atoms with Gasteiger partial charge in [-0.15, -0.1) is 11.3 Å². The minimum atomic E-state index is -3.43. The number of hydrogen-bond acceptors (Lipinski definition) is 5. The fraction of sp³-hybridized carbons (Fsp3) is 0.636. The number of nitrogens with zero attached hydrogens (tertiary/aromatic N) is 1. The van der Waals surface area contributed by atoms with Crippen molar-refractivity contribution in [1.29, 1.82) is 0 Å². The molecule has 0 spiro atoms. The summed E-state index contributed by atoms with van der Waals surface area (Å²) >= 11 is 1.14. The molecular weight excluding hydrogens is 288 g/mol. The topological polar surface area (TPSA) is 96.4 Å². The Morgan fingerprint density at radius 3 is 2.63 bits per heavy atom. The molecule has 2 N–H and O–H groups in total. The number of carboxylic acids is 1. The molecule has 1 heterocycles. The Morgan fingerprint density at radius 2 is 2.05 bits per heavy atom. The van der Waals surface area contributed by atoms with Gasteiger partial charge < -0.3 is 5.11 Å². The highest BCUT2D eigenvalue weighted by Gasteiger charge is 2.15. The Morgan fingerprint density at radius 1 is 1.37 bits per heavy atom. The standard InChI is InChI=1S/C11H18N2O4S2/c1-9-12-8-11(18-9)19(16,17)13-7-5-3-2-4-6-10(14)15/h8,13H,2-7H2,1H3,(H,14,15). The molecule has 0 aliphatic rings. The number of aromatic nitrogens is 1. The number of aliphatic carboxylic acids is 1. The summed E-state index contributed by atoms with van der Waals surface area (Å²) in [5, 5.41) is 9.17. The van der Waals surface area contributed by atoms with Gasteiger partial charge in [0.25, 0.3) is 10.0 Å². The van der Waals surface area contributed by atoms with E-state index in [1.807, 2.05) is 0 Å². The van der Waals surface area contributed by atoms with Gasteiger partial charge in [0.05, 0.1) is 11.2 Å². The zero-order valence-electron chi connectivity index (χ0n) is 10.8. The summed E-state index contributed by atoms with van der Waals surface area (Å²) in [7, 11) is -3.43. The van der Waals surface area contributed by atoms with Crippen molar-refractivity contribution in [2.45, 2.75) is 43.2 Å². The van der Waals surface area contributed by atoms with Crippen LogP contribution < -0.4 is 4.72 Å². The van der Waals surface area contributed by atoms with Crippen LogP contribution in [0.15, 0.2) is 10.4 Å². The maximum absolute atomic E-state index is 11.8. The van der Waals surface area contributed by atoms with E-state index in [0.29, 0.717) is 24.4 Å². The van der Waals surface area contributed by atoms with Crippen molar-refractivity contribution < 1.29 is 18.3 Å². The lowest BCUT2D eigenvalue weighted by molar-refractivity contribution is -0.137. The minimum Gasteiger partial charge on any atom is -0.481 e.